The van der Waals surface area contributed by atoms with Crippen molar-refractivity contribution in [2.45, 2.75) is 124 Å². The normalized spacial score (nSPS) is 12.9. The van der Waals surface area contributed by atoms with Crippen LogP contribution in [0.1, 0.15) is 95.9 Å². The van der Waals surface area contributed by atoms with Crippen molar-refractivity contribution in [2.75, 3.05) is 0 Å². The van der Waals surface area contributed by atoms with E-state index >= 15 is 4.79 Å². The molecule has 54 heavy (non-hydrogen) atoms. The molecule has 0 saturated carbocycles. The first-order chi connectivity index (χ1) is 24.9. The van der Waals surface area contributed by atoms with Gasteiger partial charge in [-0.2, -0.15) is 4.90 Å². The molecule has 0 saturated heterocycles. The summed E-state index contributed by atoms with van der Waals surface area (Å²) in [5.74, 6) is -2.40. The van der Waals surface area contributed by atoms with Crippen LogP contribution in [-0.2, 0) is 33.3 Å². The number of imide groups is 1. The molecule has 11 heteroatoms. The minimum absolute atomic E-state index is 0.106. The average molecular weight is 762 g/mol. The maximum Gasteiger partial charge on any atom is 0.420 e. The number of hydrogen-bond donors (Lipinski definition) is 0. The van der Waals surface area contributed by atoms with Crippen LogP contribution in [0.3, 0.4) is 0 Å². The van der Waals surface area contributed by atoms with Crippen LogP contribution in [0.25, 0.3) is 0 Å². The van der Waals surface area contributed by atoms with Gasteiger partial charge in [-0.3, -0.25) is 4.79 Å². The Bertz CT molecular complexity index is 1710. The quantitative estimate of drug-likeness (QED) is 0.0884. The molecule has 0 fully saturated rings. The van der Waals surface area contributed by atoms with Crippen LogP contribution in [0.2, 0.25) is 0 Å². The van der Waals surface area contributed by atoms with Gasteiger partial charge in [-0.15, -0.1) is 0 Å². The SMILES string of the molecule is CC(C)(C)OC(=O)C(C(=O)CC[C@@H](C(=O)OC(C)(C)C)N(C(=O)OC(C)(C)C)C(=O)OC(C)(C)C)=P(c1ccccc1)(c1ccccc1)c1ccccc1. The molecule has 0 aliphatic carbocycles. The topological polar surface area (TPSA) is 126 Å². The summed E-state index contributed by atoms with van der Waals surface area (Å²) in [7, 11) is 0. The number of ether oxygens (including phenoxy) is 4. The van der Waals surface area contributed by atoms with Gasteiger partial charge >= 0.3 is 24.1 Å². The van der Waals surface area contributed by atoms with E-state index in [1.165, 1.54) is 0 Å². The van der Waals surface area contributed by atoms with E-state index in [1.54, 1.807) is 83.1 Å². The van der Waals surface area contributed by atoms with E-state index in [1.807, 2.05) is 91.0 Å². The fourth-order valence-corrected chi connectivity index (χ4v) is 9.95. The van der Waals surface area contributed by atoms with Gasteiger partial charge in [0.15, 0.2) is 5.78 Å². The Morgan fingerprint density at radius 2 is 0.852 bits per heavy atom. The summed E-state index contributed by atoms with van der Waals surface area (Å²) in [6, 6.07) is 26.4. The first-order valence-corrected chi connectivity index (χ1v) is 19.8. The van der Waals surface area contributed by atoms with Crippen LogP contribution in [-0.4, -0.2) is 68.5 Å². The molecule has 3 aromatic carbocycles. The fraction of sp³-hybridized carbons (Fsp3) is 0.442. The number of ketones is 1. The fourth-order valence-electron chi connectivity index (χ4n) is 5.61. The molecule has 0 aliphatic rings. The lowest BCUT2D eigenvalue weighted by atomic mass is 10.0. The third kappa shape index (κ3) is 11.9. The summed E-state index contributed by atoms with van der Waals surface area (Å²) in [4.78, 5) is 72.0. The first kappa shape index (κ1) is 43.7. The van der Waals surface area contributed by atoms with Gasteiger partial charge in [0, 0.05) is 6.42 Å². The van der Waals surface area contributed by atoms with E-state index in [9.17, 15) is 19.2 Å². The zero-order chi connectivity index (χ0) is 40.7. The molecule has 0 heterocycles. The molecule has 3 aromatic rings. The Kier molecular flexibility index (Phi) is 13.9. The van der Waals surface area contributed by atoms with E-state index in [0.29, 0.717) is 4.90 Å². The molecule has 1 atom stereocenters. The van der Waals surface area contributed by atoms with E-state index in [0.717, 1.165) is 15.9 Å². The highest BCUT2D eigenvalue weighted by Crippen LogP contribution is 2.47. The molecule has 0 spiro atoms. The maximum absolute atomic E-state index is 15.2. The van der Waals surface area contributed by atoms with Crippen LogP contribution in [0.5, 0.6) is 0 Å². The second-order valence-electron chi connectivity index (χ2n) is 16.9. The van der Waals surface area contributed by atoms with Gasteiger partial charge in [-0.25, -0.2) is 19.2 Å². The van der Waals surface area contributed by atoms with Gasteiger partial charge < -0.3 is 18.9 Å². The Morgan fingerprint density at radius 1 is 0.519 bits per heavy atom. The van der Waals surface area contributed by atoms with Crippen molar-refractivity contribution in [3.63, 3.8) is 0 Å². The van der Waals surface area contributed by atoms with E-state index in [-0.39, 0.29) is 5.29 Å². The number of benzene rings is 3. The number of carbonyl (C=O) groups is 5. The zero-order valence-corrected chi connectivity index (χ0v) is 34.6. The van der Waals surface area contributed by atoms with Crippen LogP contribution in [0, 0.1) is 0 Å². The molecule has 10 nitrogen and oxygen atoms in total. The van der Waals surface area contributed by atoms with Crippen molar-refractivity contribution >= 4 is 58.0 Å². The Labute approximate surface area is 320 Å². The summed E-state index contributed by atoms with van der Waals surface area (Å²) in [6.07, 6.45) is -3.20. The molecule has 0 N–H and O–H groups in total. The van der Waals surface area contributed by atoms with Crippen molar-refractivity contribution < 1.29 is 42.9 Å². The number of esters is 2. The predicted octanol–water partition coefficient (Wildman–Crippen LogP) is 7.73. The maximum atomic E-state index is 15.2. The summed E-state index contributed by atoms with van der Waals surface area (Å²) >= 11 is 0. The predicted molar refractivity (Wildman–Crippen MR) is 214 cm³/mol. The monoisotopic (exact) mass is 761 g/mol. The second-order valence-corrected chi connectivity index (χ2v) is 20.2. The molecule has 2 amide bonds. The molecule has 292 valence electrons. The number of amides is 2. The van der Waals surface area contributed by atoms with Crippen molar-refractivity contribution in [3.05, 3.63) is 91.0 Å². The summed E-state index contributed by atoms with van der Waals surface area (Å²) in [5.41, 5.74) is -4.14. The van der Waals surface area contributed by atoms with Crippen molar-refractivity contribution in [1.82, 2.24) is 4.90 Å². The first-order valence-electron chi connectivity index (χ1n) is 18.0. The molecule has 0 aliphatic heterocycles. The molecule has 3 rings (SSSR count). The Hall–Kier alpha value is -4.69. The van der Waals surface area contributed by atoms with Crippen LogP contribution in [0.4, 0.5) is 9.59 Å². The second kappa shape index (κ2) is 17.2. The van der Waals surface area contributed by atoms with Gasteiger partial charge in [0.2, 0.25) is 0 Å². The van der Waals surface area contributed by atoms with Crippen molar-refractivity contribution in [3.8, 4) is 0 Å². The Balaban J connectivity index is 2.41. The van der Waals surface area contributed by atoms with Crippen LogP contribution in [0.15, 0.2) is 91.0 Å². The van der Waals surface area contributed by atoms with E-state index in [4.69, 9.17) is 18.9 Å². The lowest BCUT2D eigenvalue weighted by molar-refractivity contribution is -0.161. The molecule has 0 bridgehead atoms. The van der Waals surface area contributed by atoms with Crippen molar-refractivity contribution in [2.24, 2.45) is 0 Å². The van der Waals surface area contributed by atoms with Gasteiger partial charge in [-0.1, -0.05) is 91.0 Å². The van der Waals surface area contributed by atoms with Gasteiger partial charge in [0.1, 0.15) is 33.7 Å². The molecular formula is C43H56NO9P. The minimum Gasteiger partial charge on any atom is -0.458 e. The van der Waals surface area contributed by atoms with Gasteiger partial charge in [0.05, 0.1) is 0 Å². The summed E-state index contributed by atoms with van der Waals surface area (Å²) in [6.45, 7) is 16.5. The number of rotatable bonds is 10. The van der Waals surface area contributed by atoms with Crippen molar-refractivity contribution in [1.29, 1.82) is 0 Å². The lowest BCUT2D eigenvalue weighted by Crippen LogP contribution is -2.53. The van der Waals surface area contributed by atoms with E-state index in [2.05, 4.69) is 0 Å². The standard InChI is InChI=1S/C43H56NO9P/c1-40(2,3)50-36(46)33(44(38(48)52-42(7,8)9)39(49)53-43(10,11)12)28-29-34(45)35(37(47)51-41(4,5)6)54(30-22-16-13-17-23-30,31-24-18-14-19-25-31)32-26-20-15-21-27-32/h13-27,33H,28-29H2,1-12H3/t33-/m0/s1. The molecule has 0 unspecified atom stereocenters. The highest BCUT2D eigenvalue weighted by Gasteiger charge is 2.44. The van der Waals surface area contributed by atoms with Gasteiger partial charge in [-0.05, 0) is 112 Å². The highest BCUT2D eigenvalue weighted by molar-refractivity contribution is 7.97. The summed E-state index contributed by atoms with van der Waals surface area (Å²) in [5, 5.41) is 2.07. The molecule has 0 aromatic heterocycles. The lowest BCUT2D eigenvalue weighted by Gasteiger charge is -2.34. The number of carbonyl (C=O) groups excluding carboxylic acids is 5. The number of hydrogen-bond acceptors (Lipinski definition) is 9. The average Bonchev–Trinajstić information content (AvgIpc) is 3.03. The molecule has 0 radical (unpaired) electrons. The number of Topliss-reactive ketones (excluding diaryl/α,β-unsaturated/α-hetero) is 1. The third-order valence-electron chi connectivity index (χ3n) is 7.44. The highest BCUT2D eigenvalue weighted by atomic mass is 31.2. The van der Waals surface area contributed by atoms with Crippen LogP contribution >= 0.6 is 6.89 Å². The Morgan fingerprint density at radius 3 is 1.17 bits per heavy atom. The minimum atomic E-state index is -3.32. The number of nitrogens with zero attached hydrogens (tertiary/aromatic N) is 1. The van der Waals surface area contributed by atoms with E-state index < -0.39 is 78.1 Å². The van der Waals surface area contributed by atoms with Gasteiger partial charge in [0.25, 0.3) is 0 Å². The largest absolute Gasteiger partial charge is 0.458 e. The third-order valence-corrected chi connectivity index (χ3v) is 11.8. The van der Waals surface area contributed by atoms with Crippen LogP contribution < -0.4 is 15.9 Å². The summed E-state index contributed by atoms with van der Waals surface area (Å²) < 4.78 is 22.9. The zero-order valence-electron chi connectivity index (χ0n) is 33.7. The molecular weight excluding hydrogens is 705 g/mol. The smallest absolute Gasteiger partial charge is 0.420 e.